The Labute approximate surface area is 85.3 Å². The highest BCUT2D eigenvalue weighted by atomic mass is 79.9. The van der Waals surface area contributed by atoms with E-state index in [1.807, 2.05) is 0 Å². The van der Waals surface area contributed by atoms with Gasteiger partial charge in [-0.15, -0.1) is 11.8 Å². The van der Waals surface area contributed by atoms with E-state index >= 15 is 0 Å². The minimum atomic E-state index is 1.08. The zero-order valence-electron chi connectivity index (χ0n) is 8.03. The van der Waals surface area contributed by atoms with Crippen LogP contribution in [0, 0.1) is 11.8 Å². The number of rotatable bonds is 6. The molecular formula is C11H19Br. The summed E-state index contributed by atoms with van der Waals surface area (Å²) in [5, 5.41) is 1.12. The first-order valence-corrected chi connectivity index (χ1v) is 6.05. The van der Waals surface area contributed by atoms with Gasteiger partial charge >= 0.3 is 0 Å². The molecule has 0 heterocycles. The first-order chi connectivity index (χ1) is 5.91. The van der Waals surface area contributed by atoms with Crippen molar-refractivity contribution in [2.24, 2.45) is 0 Å². The van der Waals surface area contributed by atoms with Gasteiger partial charge in [0.05, 0.1) is 0 Å². The largest absolute Gasteiger partial charge is 0.103 e. The Bertz CT molecular complexity index is 116. The quantitative estimate of drug-likeness (QED) is 0.366. The third-order valence-electron chi connectivity index (χ3n) is 1.72. The van der Waals surface area contributed by atoms with Gasteiger partial charge in [0.25, 0.3) is 0 Å². The maximum absolute atomic E-state index is 3.40. The molecule has 0 nitrogen and oxygen atoms in total. The zero-order chi connectivity index (χ0) is 9.07. The van der Waals surface area contributed by atoms with Gasteiger partial charge in [0.1, 0.15) is 0 Å². The summed E-state index contributed by atoms with van der Waals surface area (Å²) in [6.07, 6.45) is 8.58. The number of hydrogen-bond donors (Lipinski definition) is 0. The second-order valence-electron chi connectivity index (χ2n) is 2.96. The highest BCUT2D eigenvalue weighted by Crippen LogP contribution is 1.99. The molecule has 0 spiro atoms. The first kappa shape index (κ1) is 12.0. The van der Waals surface area contributed by atoms with Crippen molar-refractivity contribution in [1.29, 1.82) is 0 Å². The van der Waals surface area contributed by atoms with Crippen LogP contribution in [-0.2, 0) is 0 Å². The van der Waals surface area contributed by atoms with Crippen LogP contribution in [-0.4, -0.2) is 5.33 Å². The van der Waals surface area contributed by atoms with E-state index in [4.69, 9.17) is 0 Å². The second kappa shape index (κ2) is 11.0. The van der Waals surface area contributed by atoms with Crippen molar-refractivity contribution in [3.05, 3.63) is 0 Å². The summed E-state index contributed by atoms with van der Waals surface area (Å²) < 4.78 is 0. The summed E-state index contributed by atoms with van der Waals surface area (Å²) in [6, 6.07) is 0. The van der Waals surface area contributed by atoms with Crippen LogP contribution in [0.25, 0.3) is 0 Å². The molecule has 0 aliphatic heterocycles. The molecule has 0 aromatic heterocycles. The molecule has 0 bridgehead atoms. The molecule has 0 unspecified atom stereocenters. The third-order valence-corrected chi connectivity index (χ3v) is 2.28. The molecule has 0 N–H and O–H groups in total. The van der Waals surface area contributed by atoms with Crippen molar-refractivity contribution in [2.45, 2.75) is 51.9 Å². The lowest BCUT2D eigenvalue weighted by Gasteiger charge is -1.89. The van der Waals surface area contributed by atoms with Gasteiger partial charge in [0, 0.05) is 18.2 Å². The lowest BCUT2D eigenvalue weighted by atomic mass is 10.2. The fourth-order valence-electron chi connectivity index (χ4n) is 0.948. The van der Waals surface area contributed by atoms with E-state index < -0.39 is 0 Å². The molecule has 0 aromatic rings. The highest BCUT2D eigenvalue weighted by Gasteiger charge is 1.82. The molecule has 0 aromatic carbocycles. The standard InChI is InChI=1S/C11H19Br/c1-2-3-4-5-6-7-8-9-10-11-12/h2-5,8-11H2,1H3. The van der Waals surface area contributed by atoms with Gasteiger partial charge in [0.2, 0.25) is 0 Å². The summed E-state index contributed by atoms with van der Waals surface area (Å²) in [5.74, 6) is 6.42. The molecular weight excluding hydrogens is 212 g/mol. The van der Waals surface area contributed by atoms with Gasteiger partial charge in [-0.2, -0.15) is 0 Å². The van der Waals surface area contributed by atoms with Crippen LogP contribution in [0.2, 0.25) is 0 Å². The van der Waals surface area contributed by atoms with E-state index in [1.165, 1.54) is 32.1 Å². The SMILES string of the molecule is CCCCCC#CCCCCBr. The normalized spacial score (nSPS) is 9.17. The van der Waals surface area contributed by atoms with Crippen molar-refractivity contribution < 1.29 is 0 Å². The molecule has 0 fully saturated rings. The summed E-state index contributed by atoms with van der Waals surface area (Å²) in [5.41, 5.74) is 0. The van der Waals surface area contributed by atoms with Crippen LogP contribution < -0.4 is 0 Å². The molecule has 0 aliphatic carbocycles. The van der Waals surface area contributed by atoms with Gasteiger partial charge < -0.3 is 0 Å². The average Bonchev–Trinajstić information content (AvgIpc) is 2.10. The van der Waals surface area contributed by atoms with E-state index in [9.17, 15) is 0 Å². The van der Waals surface area contributed by atoms with Crippen molar-refractivity contribution in [3.63, 3.8) is 0 Å². The van der Waals surface area contributed by atoms with Gasteiger partial charge in [-0.3, -0.25) is 0 Å². The highest BCUT2D eigenvalue weighted by molar-refractivity contribution is 9.09. The molecule has 0 amide bonds. The third kappa shape index (κ3) is 10.0. The molecule has 1 heteroatoms. The molecule has 0 saturated heterocycles. The van der Waals surface area contributed by atoms with Crippen LogP contribution in [0.15, 0.2) is 0 Å². The van der Waals surface area contributed by atoms with Crippen molar-refractivity contribution >= 4 is 15.9 Å². The van der Waals surface area contributed by atoms with E-state index in [1.54, 1.807) is 0 Å². The maximum atomic E-state index is 3.40. The number of alkyl halides is 1. The van der Waals surface area contributed by atoms with Gasteiger partial charge in [-0.1, -0.05) is 35.7 Å². The Morgan fingerprint density at radius 1 is 0.917 bits per heavy atom. The predicted octanol–water partition coefficient (Wildman–Crippen LogP) is 4.14. The van der Waals surface area contributed by atoms with E-state index in [-0.39, 0.29) is 0 Å². The smallest absolute Gasteiger partial charge is 0.00889 e. The van der Waals surface area contributed by atoms with Gasteiger partial charge in [-0.25, -0.2) is 0 Å². The minimum Gasteiger partial charge on any atom is -0.103 e. The molecule has 12 heavy (non-hydrogen) atoms. The van der Waals surface area contributed by atoms with E-state index in [0.29, 0.717) is 0 Å². The molecule has 0 rings (SSSR count). The van der Waals surface area contributed by atoms with Gasteiger partial charge in [-0.05, 0) is 19.3 Å². The summed E-state index contributed by atoms with van der Waals surface area (Å²) in [6.45, 7) is 2.23. The van der Waals surface area contributed by atoms with Crippen LogP contribution in [0.3, 0.4) is 0 Å². The lowest BCUT2D eigenvalue weighted by Crippen LogP contribution is -1.75. The average molecular weight is 231 g/mol. The van der Waals surface area contributed by atoms with Crippen molar-refractivity contribution in [1.82, 2.24) is 0 Å². The molecule has 0 radical (unpaired) electrons. The second-order valence-corrected chi connectivity index (χ2v) is 3.75. The summed E-state index contributed by atoms with van der Waals surface area (Å²) >= 11 is 3.40. The maximum Gasteiger partial charge on any atom is 0.00889 e. The summed E-state index contributed by atoms with van der Waals surface area (Å²) in [7, 11) is 0. The topological polar surface area (TPSA) is 0 Å². The first-order valence-electron chi connectivity index (χ1n) is 4.93. The molecule has 0 saturated carbocycles. The predicted molar refractivity (Wildman–Crippen MR) is 59.6 cm³/mol. The number of unbranched alkanes of at least 4 members (excludes halogenated alkanes) is 5. The van der Waals surface area contributed by atoms with Crippen LogP contribution in [0.5, 0.6) is 0 Å². The monoisotopic (exact) mass is 230 g/mol. The minimum absolute atomic E-state index is 1.08. The molecule has 70 valence electrons. The summed E-state index contributed by atoms with van der Waals surface area (Å²) in [4.78, 5) is 0. The van der Waals surface area contributed by atoms with Gasteiger partial charge in [0.15, 0.2) is 0 Å². The Hall–Kier alpha value is 0.0400. The Kier molecular flexibility index (Phi) is 11.1. The molecule has 0 aliphatic rings. The Balaban J connectivity index is 3.01. The fourth-order valence-corrected chi connectivity index (χ4v) is 1.34. The Morgan fingerprint density at radius 2 is 1.50 bits per heavy atom. The van der Waals surface area contributed by atoms with Crippen LogP contribution in [0.4, 0.5) is 0 Å². The lowest BCUT2D eigenvalue weighted by molar-refractivity contribution is 0.736. The van der Waals surface area contributed by atoms with E-state index in [0.717, 1.165) is 18.2 Å². The zero-order valence-corrected chi connectivity index (χ0v) is 9.62. The van der Waals surface area contributed by atoms with E-state index in [2.05, 4.69) is 34.7 Å². The Morgan fingerprint density at radius 3 is 2.00 bits per heavy atom. The number of halogens is 1. The van der Waals surface area contributed by atoms with Crippen molar-refractivity contribution in [3.8, 4) is 11.8 Å². The fraction of sp³-hybridized carbons (Fsp3) is 0.818. The van der Waals surface area contributed by atoms with Crippen LogP contribution >= 0.6 is 15.9 Å². The van der Waals surface area contributed by atoms with Crippen molar-refractivity contribution in [2.75, 3.05) is 5.33 Å². The van der Waals surface area contributed by atoms with Crippen LogP contribution in [0.1, 0.15) is 51.9 Å². The number of hydrogen-bond acceptors (Lipinski definition) is 0. The molecule has 0 atom stereocenters.